The van der Waals surface area contributed by atoms with Crippen molar-refractivity contribution in [2.24, 2.45) is 11.8 Å². The molecule has 6 nitrogen and oxygen atoms in total. The molecule has 0 bridgehead atoms. The van der Waals surface area contributed by atoms with E-state index in [2.05, 4.69) is 15.6 Å². The molecule has 3 rings (SSSR count). The molecule has 1 saturated carbocycles. The predicted octanol–water partition coefficient (Wildman–Crippen LogP) is 2.63. The molecule has 1 aliphatic rings. The van der Waals surface area contributed by atoms with Gasteiger partial charge in [-0.05, 0) is 30.5 Å². The van der Waals surface area contributed by atoms with E-state index in [0.717, 1.165) is 12.1 Å². The summed E-state index contributed by atoms with van der Waals surface area (Å²) in [6, 6.07) is 5.26. The fraction of sp³-hybridized carbons (Fsp3) is 0.353. The van der Waals surface area contributed by atoms with E-state index in [-0.39, 0.29) is 24.2 Å². The maximum absolute atomic E-state index is 12.1. The van der Waals surface area contributed by atoms with Crippen molar-refractivity contribution in [2.75, 3.05) is 11.9 Å². The Kier molecular flexibility index (Phi) is 4.85. The van der Waals surface area contributed by atoms with E-state index in [9.17, 15) is 9.59 Å². The maximum Gasteiger partial charge on any atom is 0.226 e. The molecule has 0 spiro atoms. The van der Waals surface area contributed by atoms with Crippen molar-refractivity contribution < 1.29 is 9.59 Å². The van der Waals surface area contributed by atoms with E-state index in [1.54, 1.807) is 35.4 Å². The van der Waals surface area contributed by atoms with Gasteiger partial charge in [0, 0.05) is 36.3 Å². The Hall–Kier alpha value is -2.34. The van der Waals surface area contributed by atoms with E-state index < -0.39 is 0 Å². The number of rotatable bonds is 6. The monoisotopic (exact) mass is 346 g/mol. The lowest BCUT2D eigenvalue weighted by Crippen LogP contribution is -2.29. The van der Waals surface area contributed by atoms with Crippen LogP contribution in [0.25, 0.3) is 5.69 Å². The molecule has 126 valence electrons. The van der Waals surface area contributed by atoms with Gasteiger partial charge in [0.05, 0.1) is 17.7 Å². The largest absolute Gasteiger partial charge is 0.355 e. The van der Waals surface area contributed by atoms with Crippen molar-refractivity contribution >= 4 is 29.1 Å². The van der Waals surface area contributed by atoms with Gasteiger partial charge < -0.3 is 15.2 Å². The van der Waals surface area contributed by atoms with Crippen LogP contribution in [0.5, 0.6) is 0 Å². The molecule has 0 aliphatic heterocycles. The highest BCUT2D eigenvalue weighted by atomic mass is 35.5. The Morgan fingerprint density at radius 3 is 2.88 bits per heavy atom. The molecule has 2 N–H and O–H groups in total. The van der Waals surface area contributed by atoms with Crippen LogP contribution < -0.4 is 10.6 Å². The Bertz CT molecular complexity index is 745. The van der Waals surface area contributed by atoms with Crippen LogP contribution >= 0.6 is 11.6 Å². The number of aromatic nitrogens is 2. The van der Waals surface area contributed by atoms with Crippen LogP contribution in [-0.4, -0.2) is 27.9 Å². The van der Waals surface area contributed by atoms with Gasteiger partial charge >= 0.3 is 0 Å². The number of nitrogens with zero attached hydrogens (tertiary/aromatic N) is 2. The van der Waals surface area contributed by atoms with E-state index in [4.69, 9.17) is 11.6 Å². The highest BCUT2D eigenvalue weighted by Crippen LogP contribution is 2.37. The molecule has 7 heteroatoms. The minimum absolute atomic E-state index is 0.0390. The zero-order chi connectivity index (χ0) is 17.1. The lowest BCUT2D eigenvalue weighted by Gasteiger charge is -2.12. The zero-order valence-electron chi connectivity index (χ0n) is 13.3. The van der Waals surface area contributed by atoms with Crippen molar-refractivity contribution in [3.8, 4) is 5.69 Å². The number of hydrogen-bond acceptors (Lipinski definition) is 3. The zero-order valence-corrected chi connectivity index (χ0v) is 14.1. The Labute approximate surface area is 145 Å². The highest BCUT2D eigenvalue weighted by Gasteiger charge is 2.38. The third kappa shape index (κ3) is 3.94. The van der Waals surface area contributed by atoms with Crippen LogP contribution in [0.15, 0.2) is 36.9 Å². The lowest BCUT2D eigenvalue weighted by molar-refractivity contribution is -0.122. The highest BCUT2D eigenvalue weighted by molar-refractivity contribution is 6.31. The van der Waals surface area contributed by atoms with Gasteiger partial charge in [-0.3, -0.25) is 9.59 Å². The third-order valence-corrected chi connectivity index (χ3v) is 4.35. The van der Waals surface area contributed by atoms with Gasteiger partial charge in [0.1, 0.15) is 0 Å². The predicted molar refractivity (Wildman–Crippen MR) is 92.1 cm³/mol. The van der Waals surface area contributed by atoms with Gasteiger partial charge in [0.25, 0.3) is 0 Å². The summed E-state index contributed by atoms with van der Waals surface area (Å²) in [6.45, 7) is 2.38. The molecule has 2 amide bonds. The van der Waals surface area contributed by atoms with E-state index in [1.165, 1.54) is 0 Å². The van der Waals surface area contributed by atoms with Crippen LogP contribution in [0.4, 0.5) is 5.69 Å². The Morgan fingerprint density at radius 1 is 1.42 bits per heavy atom. The summed E-state index contributed by atoms with van der Waals surface area (Å²) < 4.78 is 1.79. The molecule has 24 heavy (non-hydrogen) atoms. The van der Waals surface area contributed by atoms with Crippen molar-refractivity contribution in [2.45, 2.75) is 19.8 Å². The van der Waals surface area contributed by atoms with Crippen LogP contribution in [0, 0.1) is 11.8 Å². The summed E-state index contributed by atoms with van der Waals surface area (Å²) in [5, 5.41) is 6.18. The van der Waals surface area contributed by atoms with E-state index in [1.807, 2.05) is 13.0 Å². The van der Waals surface area contributed by atoms with E-state index in [0.29, 0.717) is 23.2 Å². The van der Waals surface area contributed by atoms with Gasteiger partial charge in [0.2, 0.25) is 11.8 Å². The number of amides is 2. The van der Waals surface area contributed by atoms with Crippen molar-refractivity contribution in [3.05, 3.63) is 41.9 Å². The SMILES string of the molecule is C[C@@H]1C[C@H]1C(=O)NCCC(=O)Nc1cc(Cl)ccc1-n1ccnc1. The normalized spacial score (nSPS) is 18.9. The van der Waals surface area contributed by atoms with Crippen LogP contribution in [0.3, 0.4) is 0 Å². The standard InChI is InChI=1S/C17H19ClN4O2/c1-11-8-13(11)17(24)20-5-4-16(23)21-14-9-12(18)2-3-15(14)22-7-6-19-10-22/h2-3,6-7,9-11,13H,4-5,8H2,1H3,(H,20,24)(H,21,23)/t11-,13-/m1/s1. The van der Waals surface area contributed by atoms with Crippen molar-refractivity contribution in [3.63, 3.8) is 0 Å². The number of hydrogen-bond donors (Lipinski definition) is 2. The van der Waals surface area contributed by atoms with Gasteiger partial charge in [-0.2, -0.15) is 0 Å². The first-order valence-corrected chi connectivity index (χ1v) is 8.28. The Balaban J connectivity index is 1.58. The molecule has 1 heterocycles. The maximum atomic E-state index is 12.1. The summed E-state index contributed by atoms with van der Waals surface area (Å²) in [4.78, 5) is 27.9. The molecule has 1 fully saturated rings. The quantitative estimate of drug-likeness (QED) is 0.844. The van der Waals surface area contributed by atoms with Gasteiger partial charge in [-0.1, -0.05) is 18.5 Å². The number of imidazole rings is 1. The number of anilines is 1. The van der Waals surface area contributed by atoms with Crippen molar-refractivity contribution in [1.29, 1.82) is 0 Å². The molecule has 2 aromatic rings. The van der Waals surface area contributed by atoms with Crippen LogP contribution in [-0.2, 0) is 9.59 Å². The summed E-state index contributed by atoms with van der Waals surface area (Å²) in [6.07, 6.45) is 6.25. The van der Waals surface area contributed by atoms with Gasteiger partial charge in [-0.25, -0.2) is 4.98 Å². The number of carbonyl (C=O) groups is 2. The molecule has 1 aliphatic carbocycles. The Morgan fingerprint density at radius 2 is 2.21 bits per heavy atom. The second kappa shape index (κ2) is 7.05. The first-order chi connectivity index (χ1) is 11.5. The molecule has 2 atom stereocenters. The summed E-state index contributed by atoms with van der Waals surface area (Å²) in [7, 11) is 0. The molecular weight excluding hydrogens is 328 g/mol. The van der Waals surface area contributed by atoms with Crippen molar-refractivity contribution in [1.82, 2.24) is 14.9 Å². The summed E-state index contributed by atoms with van der Waals surface area (Å²) in [5.74, 6) is 0.441. The molecule has 0 unspecified atom stereocenters. The third-order valence-electron chi connectivity index (χ3n) is 4.11. The second-order valence-corrected chi connectivity index (χ2v) is 6.48. The molecular formula is C17H19ClN4O2. The minimum atomic E-state index is -0.178. The fourth-order valence-corrected chi connectivity index (χ4v) is 2.74. The fourth-order valence-electron chi connectivity index (χ4n) is 2.57. The van der Waals surface area contributed by atoms with E-state index >= 15 is 0 Å². The minimum Gasteiger partial charge on any atom is -0.355 e. The summed E-state index contributed by atoms with van der Waals surface area (Å²) >= 11 is 6.03. The van der Waals surface area contributed by atoms with Gasteiger partial charge in [0.15, 0.2) is 0 Å². The first kappa shape index (κ1) is 16.5. The van der Waals surface area contributed by atoms with Gasteiger partial charge in [-0.15, -0.1) is 0 Å². The average molecular weight is 347 g/mol. The summed E-state index contributed by atoms with van der Waals surface area (Å²) in [5.41, 5.74) is 1.38. The second-order valence-electron chi connectivity index (χ2n) is 6.04. The van der Waals surface area contributed by atoms with Crippen LogP contribution in [0.2, 0.25) is 5.02 Å². The number of nitrogens with one attached hydrogen (secondary N) is 2. The molecule has 0 saturated heterocycles. The van der Waals surface area contributed by atoms with Crippen LogP contribution in [0.1, 0.15) is 19.8 Å². The lowest BCUT2D eigenvalue weighted by atomic mass is 10.2. The number of carbonyl (C=O) groups excluding carboxylic acids is 2. The number of halogens is 1. The smallest absolute Gasteiger partial charge is 0.226 e. The molecule has 1 aromatic heterocycles. The number of benzene rings is 1. The molecule has 0 radical (unpaired) electrons. The first-order valence-electron chi connectivity index (χ1n) is 7.90. The molecule has 1 aromatic carbocycles. The average Bonchev–Trinajstić information content (AvgIpc) is 3.04. The topological polar surface area (TPSA) is 76.0 Å².